The molecule has 0 spiro atoms. The second kappa shape index (κ2) is 8.88. The molecule has 5 rings (SSSR count). The molecule has 6 heteroatoms. The standard InChI is InChI=1S/C24H25N3OS.ClH/c1-26-13-19-14-27(15-20(19)23(26)18-10-6-3-7-11-18)24(28)21-16-29-22(25-21)12-17-8-4-2-5-9-17;/h2-11,16,19-20,23H,12-15H2,1H3;1H/t19-,20+,23-;/m0./s1. The van der Waals surface area contributed by atoms with Crippen molar-refractivity contribution in [3.05, 3.63) is 87.9 Å². The minimum absolute atomic E-state index is 0. The molecule has 30 heavy (non-hydrogen) atoms. The molecule has 2 saturated heterocycles. The van der Waals surface area contributed by atoms with E-state index in [1.807, 2.05) is 28.5 Å². The number of thiazole rings is 1. The predicted octanol–water partition coefficient (Wildman–Crippen LogP) is 4.53. The van der Waals surface area contributed by atoms with E-state index in [1.165, 1.54) is 11.1 Å². The van der Waals surface area contributed by atoms with Crippen LogP contribution in [0.1, 0.15) is 32.7 Å². The first kappa shape index (κ1) is 21.0. The fraction of sp³-hybridized carbons (Fsp3) is 0.333. The van der Waals surface area contributed by atoms with Gasteiger partial charge in [0.15, 0.2) is 0 Å². The Kier molecular flexibility index (Phi) is 6.23. The van der Waals surface area contributed by atoms with Crippen molar-refractivity contribution in [1.82, 2.24) is 14.8 Å². The minimum Gasteiger partial charge on any atom is -0.337 e. The van der Waals surface area contributed by atoms with Crippen molar-refractivity contribution in [3.63, 3.8) is 0 Å². The van der Waals surface area contributed by atoms with Crippen molar-refractivity contribution in [2.75, 3.05) is 26.7 Å². The average molecular weight is 440 g/mol. The molecule has 0 bridgehead atoms. The molecular weight excluding hydrogens is 414 g/mol. The number of benzene rings is 2. The predicted molar refractivity (Wildman–Crippen MR) is 123 cm³/mol. The molecule has 2 fully saturated rings. The summed E-state index contributed by atoms with van der Waals surface area (Å²) in [4.78, 5) is 22.3. The summed E-state index contributed by atoms with van der Waals surface area (Å²) in [6, 6.07) is 21.4. The lowest BCUT2D eigenvalue weighted by molar-refractivity contribution is 0.0762. The van der Waals surface area contributed by atoms with Crippen molar-refractivity contribution in [2.45, 2.75) is 12.5 Å². The Labute approximate surface area is 188 Å². The highest BCUT2D eigenvalue weighted by molar-refractivity contribution is 7.09. The number of amides is 1. The molecule has 0 unspecified atom stereocenters. The smallest absolute Gasteiger partial charge is 0.273 e. The summed E-state index contributed by atoms with van der Waals surface area (Å²) in [5.74, 6) is 1.12. The summed E-state index contributed by atoms with van der Waals surface area (Å²) in [5, 5.41) is 2.93. The van der Waals surface area contributed by atoms with E-state index in [0.29, 0.717) is 23.6 Å². The maximum absolute atomic E-state index is 13.1. The first-order valence-electron chi connectivity index (χ1n) is 10.2. The van der Waals surface area contributed by atoms with Crippen LogP contribution in [0.2, 0.25) is 0 Å². The van der Waals surface area contributed by atoms with E-state index in [2.05, 4.69) is 59.4 Å². The van der Waals surface area contributed by atoms with Crippen LogP contribution in [-0.4, -0.2) is 47.4 Å². The fourth-order valence-electron chi connectivity index (χ4n) is 5.00. The van der Waals surface area contributed by atoms with Crippen LogP contribution in [0.3, 0.4) is 0 Å². The summed E-state index contributed by atoms with van der Waals surface area (Å²) in [5.41, 5.74) is 3.19. The van der Waals surface area contributed by atoms with Gasteiger partial charge in [0, 0.05) is 43.4 Å². The third kappa shape index (κ3) is 4.02. The molecule has 2 aliphatic rings. The number of nitrogens with zero attached hydrogens (tertiary/aromatic N) is 3. The van der Waals surface area contributed by atoms with Gasteiger partial charge in [-0.2, -0.15) is 0 Å². The number of carbonyl (C=O) groups is 1. The van der Waals surface area contributed by atoms with Gasteiger partial charge in [0.25, 0.3) is 5.91 Å². The molecule has 0 saturated carbocycles. The Hall–Kier alpha value is -2.21. The van der Waals surface area contributed by atoms with Gasteiger partial charge in [0.2, 0.25) is 0 Å². The quantitative estimate of drug-likeness (QED) is 0.599. The molecule has 156 valence electrons. The molecule has 3 heterocycles. The third-order valence-electron chi connectivity index (χ3n) is 6.29. The van der Waals surface area contributed by atoms with Gasteiger partial charge in [0.05, 0.1) is 5.01 Å². The van der Waals surface area contributed by atoms with Crippen LogP contribution in [0.5, 0.6) is 0 Å². The maximum atomic E-state index is 13.1. The monoisotopic (exact) mass is 439 g/mol. The fourth-order valence-corrected chi connectivity index (χ4v) is 5.80. The summed E-state index contributed by atoms with van der Waals surface area (Å²) in [6.45, 7) is 2.70. The van der Waals surface area contributed by atoms with Gasteiger partial charge >= 0.3 is 0 Å². The molecule has 1 aromatic heterocycles. The Morgan fingerprint density at radius 1 is 1.03 bits per heavy atom. The van der Waals surface area contributed by atoms with Gasteiger partial charge in [-0.15, -0.1) is 23.7 Å². The Bertz CT molecular complexity index is 994. The van der Waals surface area contributed by atoms with E-state index < -0.39 is 0 Å². The largest absolute Gasteiger partial charge is 0.337 e. The highest BCUT2D eigenvalue weighted by atomic mass is 35.5. The SMILES string of the molecule is CN1C[C@H]2CN(C(=O)c3csc(Cc4ccccc4)n3)C[C@H]2[C@@H]1c1ccccc1.Cl. The van der Waals surface area contributed by atoms with Gasteiger partial charge in [-0.25, -0.2) is 4.98 Å². The number of hydrogen-bond donors (Lipinski definition) is 0. The molecule has 4 nitrogen and oxygen atoms in total. The average Bonchev–Trinajstić information content (AvgIpc) is 3.43. The van der Waals surface area contributed by atoms with E-state index in [-0.39, 0.29) is 18.3 Å². The Balaban J connectivity index is 0.00000218. The summed E-state index contributed by atoms with van der Waals surface area (Å²) in [7, 11) is 2.21. The van der Waals surface area contributed by atoms with Crippen molar-refractivity contribution < 1.29 is 4.79 Å². The third-order valence-corrected chi connectivity index (χ3v) is 7.14. The summed E-state index contributed by atoms with van der Waals surface area (Å²) in [6.07, 6.45) is 0.783. The number of carbonyl (C=O) groups excluding carboxylic acids is 1. The lowest BCUT2D eigenvalue weighted by atomic mass is 9.90. The number of fused-ring (bicyclic) bond motifs is 1. The zero-order chi connectivity index (χ0) is 19.8. The highest BCUT2D eigenvalue weighted by Crippen LogP contribution is 2.44. The zero-order valence-corrected chi connectivity index (χ0v) is 18.6. The van der Waals surface area contributed by atoms with Crippen molar-refractivity contribution in [1.29, 1.82) is 0 Å². The molecular formula is C24H26ClN3OS. The van der Waals surface area contributed by atoms with Crippen molar-refractivity contribution >= 4 is 29.7 Å². The lowest BCUT2D eigenvalue weighted by Crippen LogP contribution is -2.33. The van der Waals surface area contributed by atoms with E-state index in [4.69, 9.17) is 0 Å². The van der Waals surface area contributed by atoms with Gasteiger partial charge in [0.1, 0.15) is 5.69 Å². The summed E-state index contributed by atoms with van der Waals surface area (Å²) >= 11 is 1.58. The summed E-state index contributed by atoms with van der Waals surface area (Å²) < 4.78 is 0. The molecule has 3 aromatic rings. The zero-order valence-electron chi connectivity index (χ0n) is 17.0. The van der Waals surface area contributed by atoms with Crippen LogP contribution in [0.25, 0.3) is 0 Å². The molecule has 2 aliphatic heterocycles. The number of halogens is 1. The molecule has 3 atom stereocenters. The van der Waals surface area contributed by atoms with E-state index in [1.54, 1.807) is 11.3 Å². The normalized spacial score (nSPS) is 23.2. The van der Waals surface area contributed by atoms with Crippen LogP contribution < -0.4 is 0 Å². The first-order chi connectivity index (χ1) is 14.2. The number of likely N-dealkylation sites (tertiary alicyclic amines) is 2. The maximum Gasteiger partial charge on any atom is 0.273 e. The van der Waals surface area contributed by atoms with Crippen molar-refractivity contribution in [2.24, 2.45) is 11.8 Å². The van der Waals surface area contributed by atoms with Gasteiger partial charge < -0.3 is 4.90 Å². The van der Waals surface area contributed by atoms with E-state index in [9.17, 15) is 4.79 Å². The minimum atomic E-state index is 0. The topological polar surface area (TPSA) is 36.4 Å². The second-order valence-electron chi connectivity index (χ2n) is 8.22. The van der Waals surface area contributed by atoms with Crippen LogP contribution >= 0.6 is 23.7 Å². The van der Waals surface area contributed by atoms with Crippen LogP contribution in [0.4, 0.5) is 0 Å². The molecule has 0 N–H and O–H groups in total. The van der Waals surface area contributed by atoms with Gasteiger partial charge in [-0.1, -0.05) is 60.7 Å². The number of aromatic nitrogens is 1. The van der Waals surface area contributed by atoms with Gasteiger partial charge in [-0.05, 0) is 24.1 Å². The Morgan fingerprint density at radius 2 is 1.73 bits per heavy atom. The molecule has 0 radical (unpaired) electrons. The van der Waals surface area contributed by atoms with Gasteiger partial charge in [-0.3, -0.25) is 9.69 Å². The van der Waals surface area contributed by atoms with Crippen LogP contribution in [0.15, 0.2) is 66.0 Å². The number of hydrogen-bond acceptors (Lipinski definition) is 4. The van der Waals surface area contributed by atoms with E-state index >= 15 is 0 Å². The highest BCUT2D eigenvalue weighted by Gasteiger charge is 2.47. The molecule has 0 aliphatic carbocycles. The van der Waals surface area contributed by atoms with Crippen molar-refractivity contribution in [3.8, 4) is 0 Å². The van der Waals surface area contributed by atoms with Crippen LogP contribution in [-0.2, 0) is 6.42 Å². The first-order valence-corrected chi connectivity index (χ1v) is 11.1. The Morgan fingerprint density at radius 3 is 2.47 bits per heavy atom. The second-order valence-corrected chi connectivity index (χ2v) is 9.16. The molecule has 2 aromatic carbocycles. The molecule has 1 amide bonds. The lowest BCUT2D eigenvalue weighted by Gasteiger charge is -2.26. The van der Waals surface area contributed by atoms with E-state index in [0.717, 1.165) is 31.1 Å². The van der Waals surface area contributed by atoms with Crippen LogP contribution in [0, 0.1) is 11.8 Å². The number of rotatable bonds is 4.